The number of hydrogen-bond acceptors (Lipinski definition) is 28. The van der Waals surface area contributed by atoms with Crippen molar-refractivity contribution in [1.29, 1.82) is 0 Å². The number of methoxy groups -OCH3 is 2. The van der Waals surface area contributed by atoms with E-state index in [0.29, 0.717) is 38.5 Å². The summed E-state index contributed by atoms with van der Waals surface area (Å²) in [5.41, 5.74) is -4.32. The summed E-state index contributed by atoms with van der Waals surface area (Å²) < 4.78 is 81.2. The molecule has 0 aromatic carbocycles. The highest BCUT2D eigenvalue weighted by atomic mass is 16.7. The van der Waals surface area contributed by atoms with Crippen molar-refractivity contribution >= 4 is 77.6 Å². The van der Waals surface area contributed by atoms with E-state index in [0.717, 1.165) is 32.1 Å². The maximum Gasteiger partial charge on any atom is 0.344 e. The summed E-state index contributed by atoms with van der Waals surface area (Å²) in [6, 6.07) is 0. The zero-order chi connectivity index (χ0) is 76.5. The van der Waals surface area contributed by atoms with Crippen LogP contribution in [0.1, 0.15) is 188 Å². The molecule has 578 valence electrons. The molecule has 27 unspecified atom stereocenters. The molecule has 6 saturated carbocycles. The molecule has 10 bridgehead atoms. The molecule has 0 aromatic heterocycles. The summed E-state index contributed by atoms with van der Waals surface area (Å²) in [4.78, 5) is 156. The van der Waals surface area contributed by atoms with Gasteiger partial charge < -0.3 is 71.1 Å². The summed E-state index contributed by atoms with van der Waals surface area (Å²) in [6.07, 6.45) is 2.64. The van der Waals surface area contributed by atoms with Crippen LogP contribution in [0.2, 0.25) is 0 Å². The van der Waals surface area contributed by atoms with Crippen molar-refractivity contribution in [1.82, 2.24) is 0 Å². The van der Waals surface area contributed by atoms with Crippen LogP contribution in [0.3, 0.4) is 0 Å². The van der Waals surface area contributed by atoms with Crippen molar-refractivity contribution in [2.45, 2.75) is 273 Å². The SMILES string of the molecule is CCC(C)(C)C(=O)OC1(C)C2CC3C(=O)OC1C3C2.CCC(C)(C)C(=O)OC1(C)C2CC3C(=O)OC1C3O2.CCC(C)(C)C(=O)OC1C2CC3C1OC(=O)C3C2C(=O)OC.CCC(C)(C)C(=O)OC1C2OC(=O)C3C2OC1C3C(=O)OC.CCC(C)(C)C(=O)OCC(=O)OC1C2CC3C(=O)OC1C3C2. The van der Waals surface area contributed by atoms with Crippen molar-refractivity contribution < 1.29 is 133 Å². The molecule has 15 fully saturated rings. The van der Waals surface area contributed by atoms with Gasteiger partial charge in [0, 0.05) is 35.5 Å². The molecule has 0 radical (unpaired) electrons. The highest BCUT2D eigenvalue weighted by Gasteiger charge is 2.75. The normalized spacial score (nSPS) is 39.8. The monoisotopic (exact) mass is 1470 g/mol. The van der Waals surface area contributed by atoms with Crippen LogP contribution in [-0.2, 0) is 133 Å². The predicted octanol–water partition coefficient (Wildman–Crippen LogP) is 6.96. The Morgan fingerprint density at radius 3 is 1.47 bits per heavy atom. The van der Waals surface area contributed by atoms with E-state index < -0.39 is 135 Å². The Balaban J connectivity index is 0.000000130. The van der Waals surface area contributed by atoms with Gasteiger partial charge in [0.2, 0.25) is 0 Å². The summed E-state index contributed by atoms with van der Waals surface area (Å²) in [6.45, 7) is 31.3. The Hall–Kier alpha value is -6.97. The number of ether oxygens (including phenoxy) is 15. The van der Waals surface area contributed by atoms with E-state index in [2.05, 4.69) is 0 Å². The molecule has 28 heteroatoms. The minimum Gasteiger partial charge on any atom is -0.469 e. The molecule has 104 heavy (non-hydrogen) atoms. The molecule has 0 spiro atoms. The van der Waals surface area contributed by atoms with Crippen molar-refractivity contribution in [2.75, 3.05) is 20.8 Å². The molecule has 27 atom stereocenters. The lowest BCUT2D eigenvalue weighted by Crippen LogP contribution is -2.52. The van der Waals surface area contributed by atoms with Gasteiger partial charge in [-0.2, -0.15) is 0 Å². The van der Waals surface area contributed by atoms with E-state index in [9.17, 15) is 62.3 Å². The number of hydrogen-bond donors (Lipinski definition) is 0. The molecule has 0 aromatic rings. The molecule has 0 amide bonds. The molecular formula is C76H106O28. The van der Waals surface area contributed by atoms with Gasteiger partial charge in [0.25, 0.3) is 0 Å². The average Bonchev–Trinajstić information content (AvgIpc) is 1.50. The largest absolute Gasteiger partial charge is 0.469 e. The number of esters is 13. The zero-order valence-corrected chi connectivity index (χ0v) is 63.3. The Labute approximate surface area is 606 Å². The van der Waals surface area contributed by atoms with Crippen LogP contribution in [0, 0.1) is 104 Å². The maximum absolute atomic E-state index is 12.4. The van der Waals surface area contributed by atoms with Gasteiger partial charge in [-0.1, -0.05) is 34.6 Å². The van der Waals surface area contributed by atoms with E-state index in [4.69, 9.17) is 71.1 Å². The van der Waals surface area contributed by atoms with Crippen molar-refractivity contribution in [3.8, 4) is 0 Å². The van der Waals surface area contributed by atoms with E-state index in [1.165, 1.54) is 14.2 Å². The van der Waals surface area contributed by atoms with Gasteiger partial charge in [-0.05, 0) is 154 Å². The van der Waals surface area contributed by atoms with Gasteiger partial charge in [-0.25, -0.2) is 4.79 Å². The van der Waals surface area contributed by atoms with E-state index >= 15 is 0 Å². The average molecular weight is 1470 g/mol. The lowest BCUT2D eigenvalue weighted by molar-refractivity contribution is -0.188. The minimum absolute atomic E-state index is 0.00636. The Morgan fingerprint density at radius 1 is 0.404 bits per heavy atom. The molecule has 15 aliphatic rings. The van der Waals surface area contributed by atoms with Crippen molar-refractivity contribution in [3.05, 3.63) is 0 Å². The van der Waals surface area contributed by atoms with Gasteiger partial charge in [0.15, 0.2) is 30.5 Å². The van der Waals surface area contributed by atoms with Gasteiger partial charge in [-0.15, -0.1) is 0 Å². The molecule has 0 N–H and O–H groups in total. The standard InChI is InChI=1S/2C16H22O6.C15H20O7.C15H22O4.C14H20O5/c1-5-16(2,3)15(19)22-12-7-6-8-10(9(7)13(17)20-4)14(18)21-11(8)12;1-4-16(2,3)15(19)20-7-11(17)21-12-8-5-9-10(6-8)14(18)22-13(9)12;1-5-15(2,3)14(18)22-11-8-6(12(16)19-4)7-9(20-8)10(11)21-13(7)17;1-5-14(2,3)13(17)19-15(4)8-6-9-10(7-8)12(16)18-11(9)15;1-5-13(2,3)12(16)19-14(4)8-6-7-9(17-8)10(14)18-11(7)15/h7-12H,5-6H2,1-4H3;8-10,12-13H,4-7H2,1-3H3;6-11H,5H2,1-4H3;8-11H,5-7H2,1-4H3;7-10H,5-6H2,1-4H3. The Bertz CT molecular complexity index is 3300. The number of fused-ring (bicyclic) bond motifs is 5. The molecule has 6 aliphatic carbocycles. The summed E-state index contributed by atoms with van der Waals surface area (Å²) in [5, 5.41) is 0. The summed E-state index contributed by atoms with van der Waals surface area (Å²) in [5.74, 6) is -6.21. The van der Waals surface area contributed by atoms with Crippen LogP contribution in [-0.4, -0.2) is 183 Å². The van der Waals surface area contributed by atoms with Crippen LogP contribution in [0.5, 0.6) is 0 Å². The quantitative estimate of drug-likeness (QED) is 0.0931. The summed E-state index contributed by atoms with van der Waals surface area (Å²) in [7, 11) is 2.57. The second-order valence-electron chi connectivity index (χ2n) is 34.7. The first-order chi connectivity index (χ1) is 48.5. The smallest absolute Gasteiger partial charge is 0.344 e. The molecule has 9 aliphatic heterocycles. The minimum atomic E-state index is -0.836. The zero-order valence-electron chi connectivity index (χ0n) is 63.3. The van der Waals surface area contributed by atoms with Crippen LogP contribution in [0.15, 0.2) is 0 Å². The van der Waals surface area contributed by atoms with Gasteiger partial charge in [0.1, 0.15) is 72.4 Å². The highest BCUT2D eigenvalue weighted by Crippen LogP contribution is 2.63. The van der Waals surface area contributed by atoms with Crippen LogP contribution in [0.4, 0.5) is 0 Å². The fraction of sp³-hybridized carbons (Fsp3) is 0.829. The van der Waals surface area contributed by atoms with E-state index in [1.807, 2.05) is 90.0 Å². The Morgan fingerprint density at radius 2 is 0.885 bits per heavy atom. The lowest BCUT2D eigenvalue weighted by atomic mass is 9.78. The number of carbonyl (C=O) groups excluding carboxylic acids is 13. The molecule has 9 heterocycles. The molecular weight excluding hydrogens is 1360 g/mol. The van der Waals surface area contributed by atoms with E-state index in [1.54, 1.807) is 27.7 Å². The first kappa shape index (κ1) is 78.1. The second kappa shape index (κ2) is 28.0. The Kier molecular flexibility index (Phi) is 21.0. The number of carbonyl (C=O) groups is 13. The third-order valence-corrected chi connectivity index (χ3v) is 26.9. The molecule has 9 saturated heterocycles. The fourth-order valence-corrected chi connectivity index (χ4v) is 18.0. The third kappa shape index (κ3) is 13.1. The maximum atomic E-state index is 12.4. The fourth-order valence-electron chi connectivity index (χ4n) is 18.0. The molecule has 15 rings (SSSR count). The van der Waals surface area contributed by atoms with Gasteiger partial charge >= 0.3 is 77.6 Å². The third-order valence-electron chi connectivity index (χ3n) is 26.9. The van der Waals surface area contributed by atoms with E-state index in [-0.39, 0.29) is 138 Å². The summed E-state index contributed by atoms with van der Waals surface area (Å²) >= 11 is 0. The lowest BCUT2D eigenvalue weighted by Gasteiger charge is -2.38. The topological polar surface area (TPSA) is 360 Å². The first-order valence-corrected chi connectivity index (χ1v) is 37.3. The number of rotatable bonds is 19. The van der Waals surface area contributed by atoms with Crippen LogP contribution >= 0.6 is 0 Å². The van der Waals surface area contributed by atoms with Crippen LogP contribution in [0.25, 0.3) is 0 Å². The second-order valence-corrected chi connectivity index (χ2v) is 34.7. The highest BCUT2D eigenvalue weighted by molar-refractivity contribution is 5.88. The van der Waals surface area contributed by atoms with Gasteiger partial charge in [-0.3, -0.25) is 57.5 Å². The van der Waals surface area contributed by atoms with Gasteiger partial charge in [0.05, 0.1) is 70.9 Å². The predicted molar refractivity (Wildman–Crippen MR) is 354 cm³/mol. The first-order valence-electron chi connectivity index (χ1n) is 37.3. The van der Waals surface area contributed by atoms with Crippen molar-refractivity contribution in [2.24, 2.45) is 104 Å². The molecule has 28 nitrogen and oxygen atoms in total. The van der Waals surface area contributed by atoms with Crippen LogP contribution < -0.4 is 0 Å². The van der Waals surface area contributed by atoms with Crippen molar-refractivity contribution in [3.63, 3.8) is 0 Å².